The largest absolute Gasteiger partial charge is 0.469 e. The van der Waals surface area contributed by atoms with Crippen LogP contribution in [0.5, 0.6) is 0 Å². The number of furan rings is 1. The summed E-state index contributed by atoms with van der Waals surface area (Å²) in [5.41, 5.74) is 0.944. The summed E-state index contributed by atoms with van der Waals surface area (Å²) in [5, 5.41) is 6.80. The highest BCUT2D eigenvalue weighted by molar-refractivity contribution is 5.56. The molecule has 4 heteroatoms. The van der Waals surface area contributed by atoms with E-state index in [1.54, 1.807) is 6.26 Å². The van der Waals surface area contributed by atoms with Crippen molar-refractivity contribution in [3.63, 3.8) is 0 Å². The highest BCUT2D eigenvalue weighted by Crippen LogP contribution is 2.19. The molecule has 0 saturated carbocycles. The van der Waals surface area contributed by atoms with Crippen LogP contribution in [0.4, 0.5) is 0 Å². The van der Waals surface area contributed by atoms with Crippen LogP contribution in [-0.2, 0) is 0 Å². The van der Waals surface area contributed by atoms with Crippen molar-refractivity contribution in [2.45, 2.75) is 13.8 Å². The summed E-state index contributed by atoms with van der Waals surface area (Å²) in [7, 11) is 0. The van der Waals surface area contributed by atoms with Crippen LogP contribution in [0, 0.1) is 13.8 Å². The first kappa shape index (κ1) is 7.09. The first-order chi connectivity index (χ1) is 5.77. The molecule has 0 aliphatic rings. The third-order valence-electron chi connectivity index (χ3n) is 1.70. The number of hydrogen-bond donors (Lipinski definition) is 1. The number of rotatable bonds is 1. The maximum atomic E-state index is 5.13. The van der Waals surface area contributed by atoms with Crippen molar-refractivity contribution in [1.29, 1.82) is 0 Å². The summed E-state index contributed by atoms with van der Waals surface area (Å²) >= 11 is 0. The Bertz CT molecular complexity index is 388. The second kappa shape index (κ2) is 2.48. The second-order valence-electron chi connectivity index (χ2n) is 2.63. The molecule has 0 aromatic carbocycles. The van der Waals surface area contributed by atoms with Crippen LogP contribution in [0.25, 0.3) is 11.4 Å². The molecule has 4 nitrogen and oxygen atoms in total. The molecule has 0 bridgehead atoms. The molecule has 2 heterocycles. The number of aromatic amines is 1. The predicted molar refractivity (Wildman–Crippen MR) is 43.6 cm³/mol. The van der Waals surface area contributed by atoms with Crippen LogP contribution >= 0.6 is 0 Å². The summed E-state index contributed by atoms with van der Waals surface area (Å²) in [6.45, 7) is 3.76. The molecule has 0 unspecified atom stereocenters. The Hall–Kier alpha value is -1.58. The van der Waals surface area contributed by atoms with Gasteiger partial charge in [0.25, 0.3) is 0 Å². The summed E-state index contributed by atoms with van der Waals surface area (Å²) in [5.74, 6) is 2.35. The molecule has 0 radical (unpaired) electrons. The van der Waals surface area contributed by atoms with Crippen LogP contribution in [0.2, 0.25) is 0 Å². The van der Waals surface area contributed by atoms with E-state index < -0.39 is 0 Å². The van der Waals surface area contributed by atoms with Crippen LogP contribution in [0.15, 0.2) is 16.7 Å². The van der Waals surface area contributed by atoms with E-state index in [0.717, 1.165) is 17.1 Å². The topological polar surface area (TPSA) is 54.7 Å². The van der Waals surface area contributed by atoms with Gasteiger partial charge in [0.15, 0.2) is 5.82 Å². The lowest BCUT2D eigenvalue weighted by atomic mass is 10.2. The summed E-state index contributed by atoms with van der Waals surface area (Å²) in [4.78, 5) is 4.19. The molecular formula is C8H9N3O. The van der Waals surface area contributed by atoms with Crippen molar-refractivity contribution in [2.75, 3.05) is 0 Å². The van der Waals surface area contributed by atoms with Crippen LogP contribution < -0.4 is 0 Å². The average molecular weight is 163 g/mol. The zero-order chi connectivity index (χ0) is 8.55. The molecule has 2 aromatic heterocycles. The van der Waals surface area contributed by atoms with Crippen LogP contribution in [0.1, 0.15) is 11.6 Å². The Morgan fingerprint density at radius 2 is 2.25 bits per heavy atom. The Morgan fingerprint density at radius 3 is 2.75 bits per heavy atom. The van der Waals surface area contributed by atoms with E-state index >= 15 is 0 Å². The van der Waals surface area contributed by atoms with Crippen molar-refractivity contribution >= 4 is 0 Å². The Labute approximate surface area is 69.6 Å². The van der Waals surface area contributed by atoms with Crippen molar-refractivity contribution in [3.05, 3.63) is 23.9 Å². The van der Waals surface area contributed by atoms with Gasteiger partial charge >= 0.3 is 0 Å². The minimum atomic E-state index is 0.693. The Morgan fingerprint density at radius 1 is 1.42 bits per heavy atom. The smallest absolute Gasteiger partial charge is 0.184 e. The molecule has 12 heavy (non-hydrogen) atoms. The van der Waals surface area contributed by atoms with Gasteiger partial charge in [-0.25, -0.2) is 4.98 Å². The van der Waals surface area contributed by atoms with Gasteiger partial charge in [-0.2, -0.15) is 5.10 Å². The number of aryl methyl sites for hydroxylation is 2. The molecule has 1 N–H and O–H groups in total. The highest BCUT2D eigenvalue weighted by atomic mass is 16.3. The highest BCUT2D eigenvalue weighted by Gasteiger charge is 2.08. The number of hydrogen-bond acceptors (Lipinski definition) is 3. The molecule has 0 aliphatic heterocycles. The van der Waals surface area contributed by atoms with E-state index in [2.05, 4.69) is 15.2 Å². The molecule has 0 atom stereocenters. The summed E-state index contributed by atoms with van der Waals surface area (Å²) < 4.78 is 5.13. The second-order valence-corrected chi connectivity index (χ2v) is 2.63. The van der Waals surface area contributed by atoms with Gasteiger partial charge in [0, 0.05) is 0 Å². The molecule has 2 aromatic rings. The van der Waals surface area contributed by atoms with E-state index in [9.17, 15) is 0 Å². The number of nitrogens with zero attached hydrogens (tertiary/aromatic N) is 2. The normalized spacial score (nSPS) is 10.5. The summed E-state index contributed by atoms with van der Waals surface area (Å²) in [6, 6.07) is 1.86. The van der Waals surface area contributed by atoms with Gasteiger partial charge in [-0.1, -0.05) is 0 Å². The lowest BCUT2D eigenvalue weighted by Gasteiger charge is -1.88. The maximum absolute atomic E-state index is 5.13. The van der Waals surface area contributed by atoms with Gasteiger partial charge in [-0.3, -0.25) is 5.10 Å². The van der Waals surface area contributed by atoms with Gasteiger partial charge in [-0.15, -0.1) is 0 Å². The molecule has 62 valence electrons. The lowest BCUT2D eigenvalue weighted by Crippen LogP contribution is -1.79. The van der Waals surface area contributed by atoms with Crippen LogP contribution in [0.3, 0.4) is 0 Å². The van der Waals surface area contributed by atoms with Crippen molar-refractivity contribution in [2.24, 2.45) is 0 Å². The zero-order valence-electron chi connectivity index (χ0n) is 6.96. The first-order valence-electron chi connectivity index (χ1n) is 3.71. The van der Waals surface area contributed by atoms with E-state index in [0.29, 0.717) is 5.82 Å². The number of nitrogens with one attached hydrogen (secondary N) is 1. The Kier molecular flexibility index (Phi) is 1.46. The molecule has 0 spiro atoms. The minimum Gasteiger partial charge on any atom is -0.469 e. The van der Waals surface area contributed by atoms with Gasteiger partial charge in [0.1, 0.15) is 11.6 Å². The minimum absolute atomic E-state index is 0.693. The van der Waals surface area contributed by atoms with Gasteiger partial charge in [-0.05, 0) is 19.9 Å². The van der Waals surface area contributed by atoms with E-state index in [1.807, 2.05) is 19.9 Å². The predicted octanol–water partition coefficient (Wildman–Crippen LogP) is 1.68. The lowest BCUT2D eigenvalue weighted by molar-refractivity contribution is 0.535. The first-order valence-corrected chi connectivity index (χ1v) is 3.71. The summed E-state index contributed by atoms with van der Waals surface area (Å²) in [6.07, 6.45) is 1.64. The molecule has 0 fully saturated rings. The monoisotopic (exact) mass is 163 g/mol. The maximum Gasteiger partial charge on any atom is 0.184 e. The van der Waals surface area contributed by atoms with E-state index in [-0.39, 0.29) is 0 Å². The fourth-order valence-electron chi connectivity index (χ4n) is 1.08. The van der Waals surface area contributed by atoms with Gasteiger partial charge < -0.3 is 4.42 Å². The molecular weight excluding hydrogens is 154 g/mol. The van der Waals surface area contributed by atoms with Crippen molar-refractivity contribution in [3.8, 4) is 11.4 Å². The van der Waals surface area contributed by atoms with Gasteiger partial charge in [0.05, 0.1) is 11.8 Å². The zero-order valence-corrected chi connectivity index (χ0v) is 6.96. The van der Waals surface area contributed by atoms with E-state index in [1.165, 1.54) is 0 Å². The fraction of sp³-hybridized carbons (Fsp3) is 0.250. The number of H-pyrrole nitrogens is 1. The average Bonchev–Trinajstić information content (AvgIpc) is 2.58. The van der Waals surface area contributed by atoms with Gasteiger partial charge in [0.2, 0.25) is 0 Å². The molecule has 2 rings (SSSR count). The van der Waals surface area contributed by atoms with Crippen molar-refractivity contribution in [1.82, 2.24) is 15.2 Å². The SMILES string of the molecule is Cc1nc(-c2ccoc2C)n[nH]1. The van der Waals surface area contributed by atoms with Crippen LogP contribution in [-0.4, -0.2) is 15.2 Å². The standard InChI is InChI=1S/C8H9N3O/c1-5-7(3-4-12-5)8-9-6(2)10-11-8/h3-4H,1-2H3,(H,9,10,11). The van der Waals surface area contributed by atoms with Crippen molar-refractivity contribution < 1.29 is 4.42 Å². The third-order valence-corrected chi connectivity index (χ3v) is 1.70. The quantitative estimate of drug-likeness (QED) is 0.695. The third kappa shape index (κ3) is 1.01. The molecule has 0 aliphatic carbocycles. The molecule has 0 saturated heterocycles. The molecule has 0 amide bonds. The fourth-order valence-corrected chi connectivity index (χ4v) is 1.08. The Balaban J connectivity index is 2.50. The van der Waals surface area contributed by atoms with E-state index in [4.69, 9.17) is 4.42 Å². The number of aromatic nitrogens is 3.